The minimum Gasteiger partial charge on any atom is -0.492 e. The molecular formula is C30H34N6O. The van der Waals surface area contributed by atoms with Gasteiger partial charge < -0.3 is 4.74 Å². The second-order valence-electron chi connectivity index (χ2n) is 10.3. The van der Waals surface area contributed by atoms with E-state index >= 15 is 0 Å². The molecule has 1 saturated heterocycles. The van der Waals surface area contributed by atoms with Crippen molar-refractivity contribution >= 4 is 22.2 Å². The van der Waals surface area contributed by atoms with E-state index in [0.717, 1.165) is 65.4 Å². The average molecular weight is 495 g/mol. The minimum absolute atomic E-state index is 0.738. The zero-order valence-corrected chi connectivity index (χ0v) is 21.4. The first-order chi connectivity index (χ1) is 18.2. The monoisotopic (exact) mass is 494 g/mol. The van der Waals surface area contributed by atoms with Crippen LogP contribution in [-0.2, 0) is 6.42 Å². The molecule has 0 amide bonds. The van der Waals surface area contributed by atoms with Crippen molar-refractivity contribution in [1.82, 2.24) is 20.1 Å². The van der Waals surface area contributed by atoms with Gasteiger partial charge in [0.05, 0.1) is 11.4 Å². The summed E-state index contributed by atoms with van der Waals surface area (Å²) in [5.41, 5.74) is 7.12. The summed E-state index contributed by atoms with van der Waals surface area (Å²) >= 11 is 0. The summed E-state index contributed by atoms with van der Waals surface area (Å²) in [6.07, 6.45) is 6.25. The number of fused-ring (bicyclic) bond motifs is 1. The van der Waals surface area contributed by atoms with Crippen LogP contribution in [0.5, 0.6) is 5.75 Å². The number of rotatable bonds is 10. The van der Waals surface area contributed by atoms with Crippen molar-refractivity contribution in [2.45, 2.75) is 39.0 Å². The van der Waals surface area contributed by atoms with Crippen LogP contribution in [0, 0.1) is 5.92 Å². The van der Waals surface area contributed by atoms with Gasteiger partial charge in [0, 0.05) is 18.5 Å². The lowest BCUT2D eigenvalue weighted by molar-refractivity contribution is 0.238. The van der Waals surface area contributed by atoms with E-state index in [1.165, 1.54) is 49.5 Å². The van der Waals surface area contributed by atoms with Crippen LogP contribution in [-0.4, -0.2) is 52.0 Å². The Balaban J connectivity index is 1.06. The molecule has 0 spiro atoms. The van der Waals surface area contributed by atoms with Crippen LogP contribution in [0.3, 0.4) is 0 Å². The fourth-order valence-corrected chi connectivity index (χ4v) is 4.86. The van der Waals surface area contributed by atoms with Crippen LogP contribution in [0.2, 0.25) is 0 Å². The zero-order chi connectivity index (χ0) is 25.0. The summed E-state index contributed by atoms with van der Waals surface area (Å²) in [4.78, 5) is 7.11. The Labute approximate surface area is 218 Å². The normalized spacial score (nSPS) is 16.4. The van der Waals surface area contributed by atoms with Crippen molar-refractivity contribution in [3.05, 3.63) is 72.1 Å². The maximum Gasteiger partial charge on any atom is 0.181 e. The van der Waals surface area contributed by atoms with E-state index in [4.69, 9.17) is 4.74 Å². The molecule has 7 heteroatoms. The number of anilines is 1. The van der Waals surface area contributed by atoms with Gasteiger partial charge in [0.1, 0.15) is 18.2 Å². The quantitative estimate of drug-likeness (QED) is 0.212. The molecule has 0 atom stereocenters. The Kier molecular flexibility index (Phi) is 6.86. The van der Waals surface area contributed by atoms with Crippen LogP contribution in [0.1, 0.15) is 44.0 Å². The van der Waals surface area contributed by atoms with Crippen LogP contribution in [0.15, 0.2) is 65.8 Å². The molecule has 0 bridgehead atoms. The van der Waals surface area contributed by atoms with E-state index in [2.05, 4.69) is 67.0 Å². The standard InChI is InChI=1S/C30H34N6O/c1-21(32-33-27-11-8-23(9-12-27)30-31-29(34-35-30)18-22-4-5-22)24-6-7-26-20-28(13-10-25(26)19-24)37-17-16-36-14-2-3-15-36/h6-13,19-20,22,33H,2-5,14-18H2,1H3,(H,31,34,35)/b32-21+. The van der Waals surface area contributed by atoms with E-state index < -0.39 is 0 Å². The smallest absolute Gasteiger partial charge is 0.181 e. The largest absolute Gasteiger partial charge is 0.492 e. The van der Waals surface area contributed by atoms with Gasteiger partial charge in [-0.05, 0) is 110 Å². The summed E-state index contributed by atoms with van der Waals surface area (Å²) in [6.45, 7) is 6.17. The third-order valence-corrected chi connectivity index (χ3v) is 7.31. The first kappa shape index (κ1) is 23.7. The summed E-state index contributed by atoms with van der Waals surface area (Å²) in [5.74, 6) is 3.45. The van der Waals surface area contributed by atoms with Gasteiger partial charge in [0.15, 0.2) is 5.82 Å². The van der Waals surface area contributed by atoms with Crippen molar-refractivity contribution < 1.29 is 4.74 Å². The van der Waals surface area contributed by atoms with Crippen LogP contribution >= 0.6 is 0 Å². The SMILES string of the molecule is C/C(=N\Nc1ccc(-c2n[nH]c(CC3CC3)n2)cc1)c1ccc2cc(OCCN3CCCC3)ccc2c1. The number of ether oxygens (including phenoxy) is 1. The predicted molar refractivity (Wildman–Crippen MR) is 149 cm³/mol. The molecule has 2 fully saturated rings. The number of aromatic nitrogens is 3. The first-order valence-electron chi connectivity index (χ1n) is 13.4. The second kappa shape index (κ2) is 10.7. The minimum atomic E-state index is 0.738. The van der Waals surface area contributed by atoms with Gasteiger partial charge in [-0.2, -0.15) is 10.2 Å². The van der Waals surface area contributed by atoms with Crippen LogP contribution in [0.25, 0.3) is 22.2 Å². The number of likely N-dealkylation sites (tertiary alicyclic amines) is 1. The van der Waals surface area contributed by atoms with Crippen molar-refractivity contribution in [3.63, 3.8) is 0 Å². The van der Waals surface area contributed by atoms with Gasteiger partial charge in [0.2, 0.25) is 0 Å². The maximum atomic E-state index is 6.01. The summed E-state index contributed by atoms with van der Waals surface area (Å²) in [5, 5.41) is 14.4. The molecule has 2 aliphatic rings. The van der Waals surface area contributed by atoms with Gasteiger partial charge >= 0.3 is 0 Å². The number of hydrogen-bond donors (Lipinski definition) is 2. The van der Waals surface area contributed by atoms with Gasteiger partial charge in [-0.1, -0.05) is 18.2 Å². The van der Waals surface area contributed by atoms with E-state index in [0.29, 0.717) is 0 Å². The highest BCUT2D eigenvalue weighted by molar-refractivity contribution is 6.02. The fourth-order valence-electron chi connectivity index (χ4n) is 4.86. The first-order valence-corrected chi connectivity index (χ1v) is 13.4. The van der Waals surface area contributed by atoms with Crippen molar-refractivity contribution in [2.75, 3.05) is 31.7 Å². The number of benzene rings is 3. The molecule has 6 rings (SSSR count). The highest BCUT2D eigenvalue weighted by Crippen LogP contribution is 2.32. The molecule has 7 nitrogen and oxygen atoms in total. The van der Waals surface area contributed by atoms with E-state index in [9.17, 15) is 0 Å². The number of hydrazone groups is 1. The van der Waals surface area contributed by atoms with Gasteiger partial charge in [-0.15, -0.1) is 0 Å². The molecule has 2 heterocycles. The Morgan fingerprint density at radius 3 is 2.62 bits per heavy atom. The topological polar surface area (TPSA) is 78.4 Å². The number of nitrogens with one attached hydrogen (secondary N) is 2. The molecule has 2 N–H and O–H groups in total. The number of nitrogens with zero attached hydrogens (tertiary/aromatic N) is 4. The lowest BCUT2D eigenvalue weighted by Gasteiger charge is -2.15. The van der Waals surface area contributed by atoms with E-state index in [-0.39, 0.29) is 0 Å². The van der Waals surface area contributed by atoms with E-state index in [1.54, 1.807) is 0 Å². The fraction of sp³-hybridized carbons (Fsp3) is 0.367. The molecule has 37 heavy (non-hydrogen) atoms. The van der Waals surface area contributed by atoms with Gasteiger partial charge in [0.25, 0.3) is 0 Å². The van der Waals surface area contributed by atoms with Crippen molar-refractivity contribution in [3.8, 4) is 17.1 Å². The van der Waals surface area contributed by atoms with Crippen LogP contribution < -0.4 is 10.2 Å². The Morgan fingerprint density at radius 1 is 1.03 bits per heavy atom. The Morgan fingerprint density at radius 2 is 1.81 bits per heavy atom. The molecule has 3 aromatic carbocycles. The molecule has 1 aromatic heterocycles. The number of aromatic amines is 1. The predicted octanol–water partition coefficient (Wildman–Crippen LogP) is 5.89. The molecular weight excluding hydrogens is 460 g/mol. The summed E-state index contributed by atoms with van der Waals surface area (Å²) < 4.78 is 6.01. The molecule has 4 aromatic rings. The number of hydrogen-bond acceptors (Lipinski definition) is 6. The molecule has 190 valence electrons. The lowest BCUT2D eigenvalue weighted by Crippen LogP contribution is -2.25. The molecule has 1 saturated carbocycles. The summed E-state index contributed by atoms with van der Waals surface area (Å²) in [7, 11) is 0. The average Bonchev–Trinajstić information content (AvgIpc) is 3.36. The lowest BCUT2D eigenvalue weighted by atomic mass is 10.0. The Hall–Kier alpha value is -3.71. The van der Waals surface area contributed by atoms with E-state index in [1.807, 2.05) is 31.2 Å². The van der Waals surface area contributed by atoms with Gasteiger partial charge in [-0.25, -0.2) is 4.98 Å². The summed E-state index contributed by atoms with van der Waals surface area (Å²) in [6, 6.07) is 20.8. The van der Waals surface area contributed by atoms with Gasteiger partial charge in [-0.3, -0.25) is 15.4 Å². The highest BCUT2D eigenvalue weighted by atomic mass is 16.5. The Bertz CT molecular complexity index is 1380. The van der Waals surface area contributed by atoms with Crippen molar-refractivity contribution in [1.29, 1.82) is 0 Å². The molecule has 1 aliphatic carbocycles. The van der Waals surface area contributed by atoms with Crippen molar-refractivity contribution in [2.24, 2.45) is 11.0 Å². The highest BCUT2D eigenvalue weighted by Gasteiger charge is 2.23. The molecule has 0 radical (unpaired) electrons. The third-order valence-electron chi connectivity index (χ3n) is 7.31. The molecule has 0 unspecified atom stereocenters. The van der Waals surface area contributed by atoms with Crippen LogP contribution in [0.4, 0.5) is 5.69 Å². The molecule has 1 aliphatic heterocycles. The maximum absolute atomic E-state index is 6.01. The third kappa shape index (κ3) is 6.00. The second-order valence-corrected chi connectivity index (χ2v) is 10.3. The number of H-pyrrole nitrogens is 1. The zero-order valence-electron chi connectivity index (χ0n) is 21.4.